The molecule has 112 valence electrons. The summed E-state index contributed by atoms with van der Waals surface area (Å²) in [6.07, 6.45) is 6.20. The van der Waals surface area contributed by atoms with Crippen LogP contribution in [0.15, 0.2) is 27.8 Å². The van der Waals surface area contributed by atoms with Crippen molar-refractivity contribution in [2.45, 2.75) is 45.1 Å². The predicted molar refractivity (Wildman–Crippen MR) is 84.8 cm³/mol. The molecule has 0 spiro atoms. The highest BCUT2D eigenvalue weighted by atomic mass is 16.2. The second-order valence-corrected chi connectivity index (χ2v) is 6.12. The summed E-state index contributed by atoms with van der Waals surface area (Å²) in [6, 6.07) is 6.15. The van der Waals surface area contributed by atoms with Crippen molar-refractivity contribution in [2.24, 2.45) is 5.92 Å². The molecule has 1 saturated carbocycles. The lowest BCUT2D eigenvalue weighted by Crippen LogP contribution is -2.29. The molecule has 0 radical (unpaired) electrons. The normalized spacial score (nSPS) is 22.9. The van der Waals surface area contributed by atoms with Crippen molar-refractivity contribution in [3.8, 4) is 0 Å². The van der Waals surface area contributed by atoms with Gasteiger partial charge in [-0.25, -0.2) is 0 Å². The number of aromatic nitrogens is 2. The lowest BCUT2D eigenvalue weighted by molar-refractivity contribution is 0.502. The van der Waals surface area contributed by atoms with E-state index in [-0.39, 0.29) is 0 Å². The molecular formula is C16H21N3O2. The van der Waals surface area contributed by atoms with Crippen LogP contribution in [-0.2, 0) is 0 Å². The topological polar surface area (TPSA) is 77.8 Å². The van der Waals surface area contributed by atoms with Gasteiger partial charge in [-0.3, -0.25) is 9.59 Å². The Kier molecular flexibility index (Phi) is 3.82. The van der Waals surface area contributed by atoms with Crippen LogP contribution in [0.1, 0.15) is 39.0 Å². The molecule has 0 saturated heterocycles. The van der Waals surface area contributed by atoms with Crippen LogP contribution in [-0.4, -0.2) is 16.0 Å². The second kappa shape index (κ2) is 5.76. The lowest BCUT2D eigenvalue weighted by atomic mass is 10.0. The predicted octanol–water partition coefficient (Wildman–Crippen LogP) is 2.60. The van der Waals surface area contributed by atoms with Crippen LogP contribution in [0.5, 0.6) is 0 Å². The Labute approximate surface area is 122 Å². The number of hydrogen-bond acceptors (Lipinski definition) is 3. The Bertz CT molecular complexity index is 747. The largest absolute Gasteiger partial charge is 0.382 e. The highest BCUT2D eigenvalue weighted by Gasteiger charge is 2.16. The van der Waals surface area contributed by atoms with Crippen LogP contribution in [0.2, 0.25) is 0 Å². The van der Waals surface area contributed by atoms with Gasteiger partial charge in [0, 0.05) is 11.7 Å². The molecule has 2 atom stereocenters. The number of nitrogens with one attached hydrogen (secondary N) is 3. The molecule has 1 aliphatic carbocycles. The summed E-state index contributed by atoms with van der Waals surface area (Å²) < 4.78 is 0. The zero-order chi connectivity index (χ0) is 14.8. The first-order valence-corrected chi connectivity index (χ1v) is 7.65. The van der Waals surface area contributed by atoms with E-state index in [1.165, 1.54) is 32.1 Å². The first-order valence-electron chi connectivity index (χ1n) is 7.65. The van der Waals surface area contributed by atoms with Crippen LogP contribution in [0, 0.1) is 5.92 Å². The molecule has 1 heterocycles. The molecule has 0 bridgehead atoms. The molecule has 1 fully saturated rings. The van der Waals surface area contributed by atoms with E-state index in [1.807, 2.05) is 18.2 Å². The van der Waals surface area contributed by atoms with Gasteiger partial charge in [0.05, 0.1) is 11.0 Å². The van der Waals surface area contributed by atoms with E-state index in [4.69, 9.17) is 0 Å². The molecule has 5 heteroatoms. The molecular weight excluding hydrogens is 266 g/mol. The van der Waals surface area contributed by atoms with Crippen LogP contribution < -0.4 is 16.4 Å². The maximum atomic E-state index is 11.4. The van der Waals surface area contributed by atoms with Gasteiger partial charge in [-0.15, -0.1) is 0 Å². The summed E-state index contributed by atoms with van der Waals surface area (Å²) in [5.74, 6) is 0.815. The van der Waals surface area contributed by atoms with Gasteiger partial charge in [-0.1, -0.05) is 19.8 Å². The highest BCUT2D eigenvalue weighted by Crippen LogP contribution is 2.25. The van der Waals surface area contributed by atoms with Gasteiger partial charge in [0.25, 0.3) is 0 Å². The number of fused-ring (bicyclic) bond motifs is 1. The van der Waals surface area contributed by atoms with Gasteiger partial charge < -0.3 is 15.3 Å². The summed E-state index contributed by atoms with van der Waals surface area (Å²) >= 11 is 0. The average molecular weight is 287 g/mol. The average Bonchev–Trinajstić information content (AvgIpc) is 2.65. The fourth-order valence-corrected chi connectivity index (χ4v) is 3.07. The third-order valence-corrected chi connectivity index (χ3v) is 4.35. The van der Waals surface area contributed by atoms with Crippen molar-refractivity contribution >= 4 is 16.7 Å². The number of benzene rings is 1. The van der Waals surface area contributed by atoms with E-state index in [0.29, 0.717) is 17.1 Å². The molecule has 2 aromatic rings. The quantitative estimate of drug-likeness (QED) is 0.587. The Morgan fingerprint density at radius 2 is 1.76 bits per heavy atom. The first-order chi connectivity index (χ1) is 10.1. The standard InChI is InChI=1S/C16H21N3O2/c1-10-3-2-4-11(6-5-10)17-12-7-8-13-14(9-12)19-16(21)15(20)18-13/h7-11,17H,2-6H2,1H3,(H,18,20)(H,19,21). The van der Waals surface area contributed by atoms with E-state index in [2.05, 4.69) is 22.2 Å². The third-order valence-electron chi connectivity index (χ3n) is 4.35. The minimum absolute atomic E-state index is 0.488. The van der Waals surface area contributed by atoms with Gasteiger partial charge in [0.2, 0.25) is 0 Å². The molecule has 0 amide bonds. The maximum absolute atomic E-state index is 11.4. The number of rotatable bonds is 2. The number of H-pyrrole nitrogens is 2. The molecule has 0 aliphatic heterocycles. The zero-order valence-electron chi connectivity index (χ0n) is 12.2. The van der Waals surface area contributed by atoms with E-state index in [1.54, 1.807) is 0 Å². The molecule has 1 aromatic carbocycles. The van der Waals surface area contributed by atoms with Crippen LogP contribution in [0.4, 0.5) is 5.69 Å². The molecule has 21 heavy (non-hydrogen) atoms. The smallest absolute Gasteiger partial charge is 0.314 e. The summed E-state index contributed by atoms with van der Waals surface area (Å²) in [5, 5.41) is 3.55. The minimum atomic E-state index is -0.610. The first kappa shape index (κ1) is 13.9. The van der Waals surface area contributed by atoms with Crippen molar-refractivity contribution in [3.63, 3.8) is 0 Å². The van der Waals surface area contributed by atoms with Crippen LogP contribution in [0.25, 0.3) is 11.0 Å². The van der Waals surface area contributed by atoms with Crippen molar-refractivity contribution in [1.29, 1.82) is 0 Å². The van der Waals surface area contributed by atoms with E-state index >= 15 is 0 Å². The summed E-state index contributed by atoms with van der Waals surface area (Å²) in [5.41, 5.74) is 1.08. The maximum Gasteiger partial charge on any atom is 0.314 e. The fraction of sp³-hybridized carbons (Fsp3) is 0.500. The number of anilines is 1. The summed E-state index contributed by atoms with van der Waals surface area (Å²) in [7, 11) is 0. The zero-order valence-corrected chi connectivity index (χ0v) is 12.2. The van der Waals surface area contributed by atoms with Crippen molar-refractivity contribution < 1.29 is 0 Å². The van der Waals surface area contributed by atoms with E-state index in [0.717, 1.165) is 11.6 Å². The Balaban J connectivity index is 1.82. The van der Waals surface area contributed by atoms with Gasteiger partial charge in [-0.2, -0.15) is 0 Å². The minimum Gasteiger partial charge on any atom is -0.382 e. The number of hydrogen-bond donors (Lipinski definition) is 3. The second-order valence-electron chi connectivity index (χ2n) is 6.12. The van der Waals surface area contributed by atoms with Gasteiger partial charge in [0.1, 0.15) is 0 Å². The molecule has 3 N–H and O–H groups in total. The number of aromatic amines is 2. The Morgan fingerprint density at radius 1 is 1.00 bits per heavy atom. The van der Waals surface area contributed by atoms with Crippen LogP contribution in [0.3, 0.4) is 0 Å². The molecule has 3 rings (SSSR count). The fourth-order valence-electron chi connectivity index (χ4n) is 3.07. The van der Waals surface area contributed by atoms with Crippen molar-refractivity contribution in [1.82, 2.24) is 9.97 Å². The SMILES string of the molecule is CC1CCCC(Nc2ccc3[nH]c(=O)c(=O)[nH]c3c2)CC1. The molecule has 5 nitrogen and oxygen atoms in total. The molecule has 1 aromatic heterocycles. The van der Waals surface area contributed by atoms with Gasteiger partial charge in [-0.05, 0) is 43.4 Å². The molecule has 2 unspecified atom stereocenters. The van der Waals surface area contributed by atoms with E-state index in [9.17, 15) is 9.59 Å². The third kappa shape index (κ3) is 3.17. The lowest BCUT2D eigenvalue weighted by Gasteiger charge is -2.18. The summed E-state index contributed by atoms with van der Waals surface area (Å²) in [6.45, 7) is 2.32. The molecule has 1 aliphatic rings. The van der Waals surface area contributed by atoms with Crippen molar-refractivity contribution in [3.05, 3.63) is 38.9 Å². The highest BCUT2D eigenvalue weighted by molar-refractivity contribution is 5.78. The Morgan fingerprint density at radius 3 is 2.57 bits per heavy atom. The van der Waals surface area contributed by atoms with Gasteiger partial charge in [0.15, 0.2) is 0 Å². The Hall–Kier alpha value is -2.04. The van der Waals surface area contributed by atoms with E-state index < -0.39 is 11.1 Å². The monoisotopic (exact) mass is 287 g/mol. The summed E-state index contributed by atoms with van der Waals surface area (Å²) in [4.78, 5) is 27.9. The van der Waals surface area contributed by atoms with Gasteiger partial charge >= 0.3 is 11.1 Å². The van der Waals surface area contributed by atoms with Crippen molar-refractivity contribution in [2.75, 3.05) is 5.32 Å². The van der Waals surface area contributed by atoms with Crippen LogP contribution >= 0.6 is 0 Å².